The van der Waals surface area contributed by atoms with E-state index in [-0.39, 0.29) is 18.2 Å². The smallest absolute Gasteiger partial charge is 0.168 e. The fourth-order valence-corrected chi connectivity index (χ4v) is 2.16. The summed E-state index contributed by atoms with van der Waals surface area (Å²) in [5.74, 6) is 0.893. The Kier molecular flexibility index (Phi) is 3.50. The van der Waals surface area contributed by atoms with Gasteiger partial charge in [-0.25, -0.2) is 4.68 Å². The molecule has 90 valence electrons. The lowest BCUT2D eigenvalue weighted by atomic mass is 10.1. The van der Waals surface area contributed by atoms with E-state index in [4.69, 9.17) is 4.74 Å². The number of hydrogen-bond acceptors (Lipinski definition) is 5. The van der Waals surface area contributed by atoms with Crippen molar-refractivity contribution in [1.29, 1.82) is 0 Å². The molecule has 3 atom stereocenters. The standard InChI is InChI=1S/C10H19N5O/c1-4-11-7(2)10-12-13-14-15(10)9-5-6-16-8(9)3/h7-9,11H,4-6H2,1-3H3. The van der Waals surface area contributed by atoms with Gasteiger partial charge in [0.25, 0.3) is 0 Å². The summed E-state index contributed by atoms with van der Waals surface area (Å²) in [6.07, 6.45) is 1.17. The van der Waals surface area contributed by atoms with Crippen LogP contribution < -0.4 is 5.32 Å². The zero-order chi connectivity index (χ0) is 11.5. The fraction of sp³-hybridized carbons (Fsp3) is 0.900. The third kappa shape index (κ3) is 2.08. The molecule has 0 radical (unpaired) electrons. The molecule has 1 aliphatic heterocycles. The summed E-state index contributed by atoms with van der Waals surface area (Å²) in [6, 6.07) is 0.443. The van der Waals surface area contributed by atoms with Crippen LogP contribution in [-0.4, -0.2) is 39.5 Å². The Bertz CT molecular complexity index is 340. The maximum atomic E-state index is 5.55. The van der Waals surface area contributed by atoms with Crippen molar-refractivity contribution in [3.8, 4) is 0 Å². The molecule has 1 aromatic heterocycles. The first-order chi connectivity index (χ1) is 7.74. The van der Waals surface area contributed by atoms with Gasteiger partial charge in [-0.15, -0.1) is 5.10 Å². The first-order valence-corrected chi connectivity index (χ1v) is 5.86. The minimum atomic E-state index is 0.174. The Morgan fingerprint density at radius 2 is 2.44 bits per heavy atom. The second-order valence-corrected chi connectivity index (χ2v) is 4.19. The van der Waals surface area contributed by atoms with Crippen LogP contribution >= 0.6 is 0 Å². The summed E-state index contributed by atoms with van der Waals surface area (Å²) in [4.78, 5) is 0. The van der Waals surface area contributed by atoms with E-state index in [0.717, 1.165) is 25.4 Å². The summed E-state index contributed by atoms with van der Waals surface area (Å²) in [5, 5.41) is 15.3. The number of nitrogens with zero attached hydrogens (tertiary/aromatic N) is 4. The van der Waals surface area contributed by atoms with Gasteiger partial charge in [0, 0.05) is 6.61 Å². The number of tetrazole rings is 1. The van der Waals surface area contributed by atoms with E-state index in [9.17, 15) is 0 Å². The van der Waals surface area contributed by atoms with Crippen molar-refractivity contribution >= 4 is 0 Å². The van der Waals surface area contributed by atoms with Gasteiger partial charge in [0.2, 0.25) is 0 Å². The van der Waals surface area contributed by atoms with E-state index >= 15 is 0 Å². The molecule has 1 N–H and O–H groups in total. The van der Waals surface area contributed by atoms with Gasteiger partial charge in [-0.3, -0.25) is 0 Å². The quantitative estimate of drug-likeness (QED) is 0.817. The Balaban J connectivity index is 2.18. The molecule has 2 heterocycles. The van der Waals surface area contributed by atoms with E-state index in [2.05, 4.69) is 41.6 Å². The summed E-state index contributed by atoms with van der Waals surface area (Å²) in [7, 11) is 0. The molecular formula is C10H19N5O. The molecule has 6 heteroatoms. The number of aromatic nitrogens is 4. The van der Waals surface area contributed by atoms with Crippen LogP contribution in [0.3, 0.4) is 0 Å². The molecule has 0 amide bonds. The van der Waals surface area contributed by atoms with Crippen molar-refractivity contribution in [1.82, 2.24) is 25.5 Å². The van der Waals surface area contributed by atoms with Crippen molar-refractivity contribution in [2.45, 2.75) is 45.4 Å². The van der Waals surface area contributed by atoms with Crippen LogP contribution in [0.4, 0.5) is 0 Å². The predicted octanol–water partition coefficient (Wildman–Crippen LogP) is 0.693. The van der Waals surface area contributed by atoms with E-state index in [1.54, 1.807) is 0 Å². The first-order valence-electron chi connectivity index (χ1n) is 5.86. The minimum absolute atomic E-state index is 0.174. The van der Waals surface area contributed by atoms with Gasteiger partial charge in [-0.05, 0) is 37.2 Å². The predicted molar refractivity (Wildman–Crippen MR) is 59.0 cm³/mol. The molecule has 0 aromatic carbocycles. The van der Waals surface area contributed by atoms with E-state index < -0.39 is 0 Å². The molecule has 1 saturated heterocycles. The largest absolute Gasteiger partial charge is 0.376 e. The number of ether oxygens (including phenoxy) is 1. The molecule has 2 rings (SSSR count). The average Bonchev–Trinajstić information content (AvgIpc) is 2.85. The average molecular weight is 225 g/mol. The Labute approximate surface area is 95.4 Å². The highest BCUT2D eigenvalue weighted by atomic mass is 16.5. The van der Waals surface area contributed by atoms with Gasteiger partial charge in [0.15, 0.2) is 5.82 Å². The van der Waals surface area contributed by atoms with Crippen LogP contribution in [0.15, 0.2) is 0 Å². The number of hydrogen-bond donors (Lipinski definition) is 1. The van der Waals surface area contributed by atoms with Crippen molar-refractivity contribution in [3.63, 3.8) is 0 Å². The molecule has 1 aromatic rings. The Morgan fingerprint density at radius 1 is 1.62 bits per heavy atom. The lowest BCUT2D eigenvalue weighted by Gasteiger charge is -2.18. The monoisotopic (exact) mass is 225 g/mol. The topological polar surface area (TPSA) is 64.9 Å². The van der Waals surface area contributed by atoms with Gasteiger partial charge in [-0.1, -0.05) is 6.92 Å². The molecule has 6 nitrogen and oxygen atoms in total. The maximum Gasteiger partial charge on any atom is 0.168 e. The fourth-order valence-electron chi connectivity index (χ4n) is 2.16. The number of nitrogens with one attached hydrogen (secondary N) is 1. The van der Waals surface area contributed by atoms with E-state index in [0.29, 0.717) is 0 Å². The molecular weight excluding hydrogens is 206 g/mol. The van der Waals surface area contributed by atoms with Crippen molar-refractivity contribution < 1.29 is 4.74 Å². The zero-order valence-electron chi connectivity index (χ0n) is 10.1. The second-order valence-electron chi connectivity index (χ2n) is 4.19. The van der Waals surface area contributed by atoms with E-state index in [1.165, 1.54) is 0 Å². The highest BCUT2D eigenvalue weighted by molar-refractivity contribution is 4.94. The zero-order valence-corrected chi connectivity index (χ0v) is 10.1. The van der Waals surface area contributed by atoms with Gasteiger partial charge in [-0.2, -0.15) is 0 Å². The normalized spacial score (nSPS) is 27.2. The van der Waals surface area contributed by atoms with Crippen LogP contribution in [0, 0.1) is 0 Å². The van der Waals surface area contributed by atoms with Crippen molar-refractivity contribution in [3.05, 3.63) is 5.82 Å². The minimum Gasteiger partial charge on any atom is -0.376 e. The molecule has 1 fully saturated rings. The van der Waals surface area contributed by atoms with Crippen LogP contribution in [0.1, 0.15) is 45.1 Å². The van der Waals surface area contributed by atoms with Gasteiger partial charge in [0.1, 0.15) is 0 Å². The van der Waals surface area contributed by atoms with E-state index in [1.807, 2.05) is 4.68 Å². The highest BCUT2D eigenvalue weighted by Gasteiger charge is 2.30. The van der Waals surface area contributed by atoms with Crippen LogP contribution in [0.2, 0.25) is 0 Å². The van der Waals surface area contributed by atoms with Crippen LogP contribution in [0.25, 0.3) is 0 Å². The summed E-state index contributed by atoms with van der Waals surface area (Å²) < 4.78 is 7.45. The second kappa shape index (κ2) is 4.88. The molecule has 1 aliphatic rings. The molecule has 16 heavy (non-hydrogen) atoms. The maximum absolute atomic E-state index is 5.55. The molecule has 0 bridgehead atoms. The third-order valence-corrected chi connectivity index (χ3v) is 3.07. The van der Waals surface area contributed by atoms with Gasteiger partial charge in [0.05, 0.1) is 18.2 Å². The van der Waals surface area contributed by atoms with Crippen LogP contribution in [-0.2, 0) is 4.74 Å². The summed E-state index contributed by atoms with van der Waals surface area (Å²) in [5.41, 5.74) is 0. The van der Waals surface area contributed by atoms with Crippen molar-refractivity contribution in [2.24, 2.45) is 0 Å². The molecule has 0 saturated carbocycles. The summed E-state index contributed by atoms with van der Waals surface area (Å²) >= 11 is 0. The Hall–Kier alpha value is -1.01. The molecule has 0 spiro atoms. The SMILES string of the molecule is CCNC(C)c1nnnn1C1CCOC1C. The summed E-state index contributed by atoms with van der Waals surface area (Å²) in [6.45, 7) is 7.92. The third-order valence-electron chi connectivity index (χ3n) is 3.07. The lowest BCUT2D eigenvalue weighted by Crippen LogP contribution is -2.26. The lowest BCUT2D eigenvalue weighted by molar-refractivity contribution is 0.103. The number of rotatable bonds is 4. The molecule has 3 unspecified atom stereocenters. The van der Waals surface area contributed by atoms with Crippen LogP contribution in [0.5, 0.6) is 0 Å². The molecule has 0 aliphatic carbocycles. The van der Waals surface area contributed by atoms with Gasteiger partial charge < -0.3 is 10.1 Å². The first kappa shape index (κ1) is 11.5. The van der Waals surface area contributed by atoms with Gasteiger partial charge >= 0.3 is 0 Å². The highest BCUT2D eigenvalue weighted by Crippen LogP contribution is 2.26. The Morgan fingerprint density at radius 3 is 3.06 bits per heavy atom. The van der Waals surface area contributed by atoms with Crippen molar-refractivity contribution in [2.75, 3.05) is 13.2 Å².